The lowest BCUT2D eigenvalue weighted by Gasteiger charge is -2.15. The molecule has 0 spiro atoms. The predicted octanol–water partition coefficient (Wildman–Crippen LogP) is 1.90. The van der Waals surface area contributed by atoms with Crippen molar-refractivity contribution < 1.29 is 4.79 Å². The van der Waals surface area contributed by atoms with E-state index in [2.05, 4.69) is 15.1 Å². The molecule has 1 amide bonds. The molecule has 7 heteroatoms. The van der Waals surface area contributed by atoms with Gasteiger partial charge in [0.25, 0.3) is 0 Å². The second-order valence-electron chi connectivity index (χ2n) is 6.78. The van der Waals surface area contributed by atoms with Crippen molar-refractivity contribution in [1.82, 2.24) is 24.6 Å². The van der Waals surface area contributed by atoms with Gasteiger partial charge in [0.1, 0.15) is 12.1 Å². The molecule has 134 valence electrons. The first kappa shape index (κ1) is 17.4. The summed E-state index contributed by atoms with van der Waals surface area (Å²) in [5, 5.41) is 4.64. The molecule has 2 aromatic rings. The van der Waals surface area contributed by atoms with E-state index in [1.807, 2.05) is 48.5 Å². The van der Waals surface area contributed by atoms with Crippen molar-refractivity contribution in [2.45, 2.75) is 39.5 Å². The fraction of sp³-hybridized carbons (Fsp3) is 0.556. The molecule has 3 rings (SSSR count). The second kappa shape index (κ2) is 7.21. The molecule has 0 atom stereocenters. The van der Waals surface area contributed by atoms with Crippen molar-refractivity contribution in [1.29, 1.82) is 0 Å². The maximum absolute atomic E-state index is 12.3. The van der Waals surface area contributed by atoms with E-state index in [-0.39, 0.29) is 5.91 Å². The Morgan fingerprint density at radius 2 is 1.92 bits per heavy atom. The normalized spacial score (nSPS) is 14.2. The van der Waals surface area contributed by atoms with Gasteiger partial charge in [-0.3, -0.25) is 4.79 Å². The SMILES string of the molecule is Cc1nn(-c2cc(N(C)C)ncn2)c(C)c1CCC(=O)N1CCCC1. The zero-order valence-electron chi connectivity index (χ0n) is 15.5. The molecular formula is C18H26N6O. The van der Waals surface area contributed by atoms with Crippen molar-refractivity contribution in [2.24, 2.45) is 0 Å². The lowest BCUT2D eigenvalue weighted by atomic mass is 10.1. The Bertz CT molecular complexity index is 761. The van der Waals surface area contributed by atoms with Crippen LogP contribution in [0.15, 0.2) is 12.4 Å². The van der Waals surface area contributed by atoms with Crippen molar-refractivity contribution in [3.63, 3.8) is 0 Å². The van der Waals surface area contributed by atoms with Gasteiger partial charge in [0.05, 0.1) is 5.69 Å². The molecule has 0 bridgehead atoms. The second-order valence-corrected chi connectivity index (χ2v) is 6.78. The summed E-state index contributed by atoms with van der Waals surface area (Å²) in [5.74, 6) is 1.83. The van der Waals surface area contributed by atoms with E-state index in [0.29, 0.717) is 6.42 Å². The molecule has 1 aliphatic heterocycles. The smallest absolute Gasteiger partial charge is 0.222 e. The van der Waals surface area contributed by atoms with E-state index in [1.54, 1.807) is 6.33 Å². The summed E-state index contributed by atoms with van der Waals surface area (Å²) >= 11 is 0. The summed E-state index contributed by atoms with van der Waals surface area (Å²) in [7, 11) is 3.89. The van der Waals surface area contributed by atoms with Crippen molar-refractivity contribution in [3.05, 3.63) is 29.3 Å². The van der Waals surface area contributed by atoms with Gasteiger partial charge in [-0.2, -0.15) is 5.10 Å². The topological polar surface area (TPSA) is 67.2 Å². The number of carbonyl (C=O) groups is 1. The highest BCUT2D eigenvalue weighted by molar-refractivity contribution is 5.76. The van der Waals surface area contributed by atoms with Gasteiger partial charge in [-0.15, -0.1) is 0 Å². The fourth-order valence-electron chi connectivity index (χ4n) is 3.31. The number of aryl methyl sites for hydroxylation is 1. The van der Waals surface area contributed by atoms with E-state index in [1.165, 1.54) is 0 Å². The van der Waals surface area contributed by atoms with Crippen LogP contribution < -0.4 is 4.90 Å². The third-order valence-electron chi connectivity index (χ3n) is 4.80. The first-order chi connectivity index (χ1) is 12.0. The number of carbonyl (C=O) groups excluding carboxylic acids is 1. The first-order valence-electron chi connectivity index (χ1n) is 8.80. The summed E-state index contributed by atoms with van der Waals surface area (Å²) in [6, 6.07) is 1.92. The lowest BCUT2D eigenvalue weighted by Crippen LogP contribution is -2.27. The molecule has 1 fully saturated rings. The van der Waals surface area contributed by atoms with Gasteiger partial charge in [-0.1, -0.05) is 0 Å². The third-order valence-corrected chi connectivity index (χ3v) is 4.80. The van der Waals surface area contributed by atoms with Gasteiger partial charge in [-0.05, 0) is 38.7 Å². The zero-order chi connectivity index (χ0) is 18.0. The molecule has 3 heterocycles. The number of likely N-dealkylation sites (tertiary alicyclic amines) is 1. The van der Waals surface area contributed by atoms with Crippen LogP contribution in [0.2, 0.25) is 0 Å². The summed E-state index contributed by atoms with van der Waals surface area (Å²) in [6.07, 6.45) is 5.07. The van der Waals surface area contributed by atoms with Crippen LogP contribution in [0.4, 0.5) is 5.82 Å². The third kappa shape index (κ3) is 3.65. The molecule has 0 unspecified atom stereocenters. The monoisotopic (exact) mass is 342 g/mol. The Morgan fingerprint density at radius 1 is 1.20 bits per heavy atom. The lowest BCUT2D eigenvalue weighted by molar-refractivity contribution is -0.130. The fourth-order valence-corrected chi connectivity index (χ4v) is 3.31. The Morgan fingerprint density at radius 3 is 2.60 bits per heavy atom. The van der Waals surface area contributed by atoms with Crippen LogP contribution in [0, 0.1) is 13.8 Å². The van der Waals surface area contributed by atoms with E-state index in [9.17, 15) is 4.79 Å². The van der Waals surface area contributed by atoms with Crippen LogP contribution in [0.25, 0.3) is 5.82 Å². The Labute approximate surface area is 148 Å². The minimum atomic E-state index is 0.251. The van der Waals surface area contributed by atoms with Crippen molar-refractivity contribution in [2.75, 3.05) is 32.1 Å². The molecule has 25 heavy (non-hydrogen) atoms. The highest BCUT2D eigenvalue weighted by atomic mass is 16.2. The van der Waals surface area contributed by atoms with E-state index in [0.717, 1.165) is 60.9 Å². The molecule has 0 saturated carbocycles. The number of nitrogens with zero attached hydrogens (tertiary/aromatic N) is 6. The maximum atomic E-state index is 12.3. The summed E-state index contributed by atoms with van der Waals surface area (Å²) in [6.45, 7) is 5.84. The van der Waals surface area contributed by atoms with Crippen LogP contribution in [0.1, 0.15) is 36.2 Å². The summed E-state index contributed by atoms with van der Waals surface area (Å²) < 4.78 is 1.85. The van der Waals surface area contributed by atoms with E-state index >= 15 is 0 Å². The number of hydrogen-bond acceptors (Lipinski definition) is 5. The van der Waals surface area contributed by atoms with Gasteiger partial charge in [0.2, 0.25) is 5.91 Å². The highest BCUT2D eigenvalue weighted by Crippen LogP contribution is 2.20. The highest BCUT2D eigenvalue weighted by Gasteiger charge is 2.20. The minimum Gasteiger partial charge on any atom is -0.363 e. The Hall–Kier alpha value is -2.44. The summed E-state index contributed by atoms with van der Waals surface area (Å²) in [5.41, 5.74) is 3.13. The number of aromatic nitrogens is 4. The zero-order valence-corrected chi connectivity index (χ0v) is 15.5. The summed E-state index contributed by atoms with van der Waals surface area (Å²) in [4.78, 5) is 24.8. The largest absolute Gasteiger partial charge is 0.363 e. The standard InChI is InChI=1S/C18H26N6O/c1-13-15(7-8-18(25)23-9-5-6-10-23)14(2)24(21-13)17-11-16(22(3)4)19-12-20-17/h11-12H,5-10H2,1-4H3. The molecule has 0 aromatic carbocycles. The quantitative estimate of drug-likeness (QED) is 0.830. The molecule has 7 nitrogen and oxygen atoms in total. The Balaban J connectivity index is 1.78. The van der Waals surface area contributed by atoms with Crippen LogP contribution >= 0.6 is 0 Å². The van der Waals surface area contributed by atoms with Gasteiger partial charge in [-0.25, -0.2) is 14.6 Å². The average molecular weight is 342 g/mol. The minimum absolute atomic E-state index is 0.251. The first-order valence-corrected chi connectivity index (χ1v) is 8.80. The van der Waals surface area contributed by atoms with Crippen LogP contribution in [0.3, 0.4) is 0 Å². The van der Waals surface area contributed by atoms with Gasteiger partial charge in [0, 0.05) is 45.4 Å². The van der Waals surface area contributed by atoms with Crippen LogP contribution in [-0.4, -0.2) is 57.7 Å². The van der Waals surface area contributed by atoms with E-state index < -0.39 is 0 Å². The molecule has 1 saturated heterocycles. The van der Waals surface area contributed by atoms with Crippen LogP contribution in [-0.2, 0) is 11.2 Å². The number of hydrogen-bond donors (Lipinski definition) is 0. The molecule has 0 aliphatic carbocycles. The predicted molar refractivity (Wildman–Crippen MR) is 97.1 cm³/mol. The number of anilines is 1. The van der Waals surface area contributed by atoms with E-state index in [4.69, 9.17) is 0 Å². The molecule has 2 aromatic heterocycles. The van der Waals surface area contributed by atoms with Gasteiger partial charge < -0.3 is 9.80 Å². The molecule has 0 radical (unpaired) electrons. The molecular weight excluding hydrogens is 316 g/mol. The van der Waals surface area contributed by atoms with Crippen molar-refractivity contribution in [3.8, 4) is 5.82 Å². The van der Waals surface area contributed by atoms with Crippen LogP contribution in [0.5, 0.6) is 0 Å². The number of rotatable bonds is 5. The molecule has 1 aliphatic rings. The van der Waals surface area contributed by atoms with Gasteiger partial charge >= 0.3 is 0 Å². The average Bonchev–Trinajstić information content (AvgIpc) is 3.22. The molecule has 0 N–H and O–H groups in total. The van der Waals surface area contributed by atoms with Crippen molar-refractivity contribution >= 4 is 11.7 Å². The maximum Gasteiger partial charge on any atom is 0.222 e. The number of amides is 1. The van der Waals surface area contributed by atoms with Gasteiger partial charge in [0.15, 0.2) is 5.82 Å². The Kier molecular flexibility index (Phi) is 5.01.